The van der Waals surface area contributed by atoms with Gasteiger partial charge in [0.1, 0.15) is 18.3 Å². The number of carbonyl (C=O) groups is 1. The Balaban J connectivity index is 1.34. The number of aliphatic hydroxyl groups is 3. The van der Waals surface area contributed by atoms with Crippen molar-refractivity contribution in [1.82, 2.24) is 0 Å². The molecule has 0 spiro atoms. The van der Waals surface area contributed by atoms with E-state index in [1.807, 2.05) is 6.08 Å². The maximum atomic E-state index is 12.0. The van der Waals surface area contributed by atoms with Gasteiger partial charge in [0.25, 0.3) is 0 Å². The van der Waals surface area contributed by atoms with Gasteiger partial charge in [-0.1, -0.05) is 19.4 Å². The van der Waals surface area contributed by atoms with E-state index in [2.05, 4.69) is 13.8 Å². The minimum Gasteiger partial charge on any atom is -0.388 e. The highest BCUT2D eigenvalue weighted by atomic mass is 16.7. The summed E-state index contributed by atoms with van der Waals surface area (Å²) in [5.41, 5.74) is 1.58. The van der Waals surface area contributed by atoms with E-state index < -0.39 is 30.7 Å². The number of carbonyl (C=O) groups excluding carboxylic acids is 1. The summed E-state index contributed by atoms with van der Waals surface area (Å²) in [6.45, 7) is 6.44. The third-order valence-electron chi connectivity index (χ3n) is 9.98. The number of allylic oxidation sites excluding steroid dienone is 1. The van der Waals surface area contributed by atoms with Crippen LogP contribution < -0.4 is 0 Å². The highest BCUT2D eigenvalue weighted by molar-refractivity contribution is 5.91. The van der Waals surface area contributed by atoms with E-state index >= 15 is 0 Å². The van der Waals surface area contributed by atoms with Gasteiger partial charge in [-0.25, -0.2) is 0 Å². The molecule has 1 aliphatic heterocycles. The number of ether oxygens (including phenoxy) is 2. The molecule has 5 aliphatic rings. The molecule has 1 unspecified atom stereocenters. The first-order chi connectivity index (χ1) is 14.6. The van der Waals surface area contributed by atoms with Gasteiger partial charge < -0.3 is 24.8 Å². The van der Waals surface area contributed by atoms with Crippen LogP contribution in [0.3, 0.4) is 0 Å². The number of ketones is 1. The molecule has 0 radical (unpaired) electrons. The zero-order valence-corrected chi connectivity index (χ0v) is 19.0. The van der Waals surface area contributed by atoms with Crippen LogP contribution in [0.5, 0.6) is 0 Å². The summed E-state index contributed by atoms with van der Waals surface area (Å²) < 4.78 is 12.1. The van der Waals surface area contributed by atoms with Gasteiger partial charge in [-0.05, 0) is 86.5 Å². The average Bonchev–Trinajstić information content (AvgIpc) is 3.07. The van der Waals surface area contributed by atoms with Crippen molar-refractivity contribution < 1.29 is 29.6 Å². The zero-order valence-electron chi connectivity index (χ0n) is 19.0. The van der Waals surface area contributed by atoms with Crippen LogP contribution in [-0.2, 0) is 14.3 Å². The van der Waals surface area contributed by atoms with Crippen molar-refractivity contribution in [3.8, 4) is 0 Å². The standard InChI is InChI=1S/C25H38O6/c1-13-20(27)21(28)22(29)23(30-13)31-19-7-6-17-16-5-4-14-12-15(26)8-10-24(14,2)18(16)9-11-25(17,19)3/h12-13,16-23,27-29H,4-11H2,1-3H3/t13-,16+,17+,18+,19+,20-,21+,22-,23?,24+,25+/m1/s1. The Morgan fingerprint density at radius 2 is 1.74 bits per heavy atom. The number of hydrogen-bond acceptors (Lipinski definition) is 6. The third kappa shape index (κ3) is 3.28. The summed E-state index contributed by atoms with van der Waals surface area (Å²) in [5.74, 6) is 2.14. The molecule has 3 saturated carbocycles. The second kappa shape index (κ2) is 7.63. The lowest BCUT2D eigenvalue weighted by Crippen LogP contribution is -2.59. The maximum absolute atomic E-state index is 12.0. The van der Waals surface area contributed by atoms with Crippen LogP contribution in [0.1, 0.15) is 72.1 Å². The SMILES string of the molecule is C[C@H]1OC(O[C@H]2CC[C@H]3[C@@H]4CCC5=CC(=O)CC[C@]5(C)[C@H]4CC[C@]23C)[C@H](O)[C@@H](O)[C@@H]1O. The molecule has 0 aromatic rings. The lowest BCUT2D eigenvalue weighted by Gasteiger charge is -2.58. The van der Waals surface area contributed by atoms with E-state index in [0.29, 0.717) is 30.0 Å². The Kier molecular flexibility index (Phi) is 5.42. The largest absolute Gasteiger partial charge is 0.388 e. The van der Waals surface area contributed by atoms with Crippen molar-refractivity contribution in [1.29, 1.82) is 0 Å². The van der Waals surface area contributed by atoms with Crippen molar-refractivity contribution in [3.05, 3.63) is 11.6 Å². The topological polar surface area (TPSA) is 96.2 Å². The molecule has 3 N–H and O–H groups in total. The van der Waals surface area contributed by atoms with Gasteiger partial charge in [-0.3, -0.25) is 4.79 Å². The molecule has 174 valence electrons. The van der Waals surface area contributed by atoms with Gasteiger partial charge in [-0.15, -0.1) is 0 Å². The molecule has 6 heteroatoms. The van der Waals surface area contributed by atoms with Crippen LogP contribution in [0, 0.1) is 28.6 Å². The molecule has 1 heterocycles. The van der Waals surface area contributed by atoms with Crippen molar-refractivity contribution in [2.75, 3.05) is 0 Å². The first-order valence-electron chi connectivity index (χ1n) is 12.2. The van der Waals surface area contributed by atoms with Gasteiger partial charge in [-0.2, -0.15) is 0 Å². The molecule has 4 aliphatic carbocycles. The number of aliphatic hydroxyl groups excluding tert-OH is 3. The van der Waals surface area contributed by atoms with Crippen LogP contribution in [0.4, 0.5) is 0 Å². The lowest BCUT2D eigenvalue weighted by atomic mass is 9.47. The highest BCUT2D eigenvalue weighted by Gasteiger charge is 2.60. The molecular formula is C25H38O6. The second-order valence-electron chi connectivity index (χ2n) is 11.4. The summed E-state index contributed by atoms with van der Waals surface area (Å²) in [7, 11) is 0. The van der Waals surface area contributed by atoms with Crippen molar-refractivity contribution in [2.24, 2.45) is 28.6 Å². The summed E-state index contributed by atoms with van der Waals surface area (Å²) in [6, 6.07) is 0. The Labute approximate surface area is 185 Å². The van der Waals surface area contributed by atoms with E-state index in [9.17, 15) is 20.1 Å². The fourth-order valence-corrected chi connectivity index (χ4v) is 8.02. The van der Waals surface area contributed by atoms with Crippen molar-refractivity contribution in [3.63, 3.8) is 0 Å². The van der Waals surface area contributed by atoms with E-state index in [0.717, 1.165) is 44.9 Å². The molecule has 6 nitrogen and oxygen atoms in total. The average molecular weight is 435 g/mol. The minimum absolute atomic E-state index is 0.0228. The quantitative estimate of drug-likeness (QED) is 0.618. The molecule has 0 aromatic heterocycles. The predicted molar refractivity (Wildman–Crippen MR) is 114 cm³/mol. The summed E-state index contributed by atoms with van der Waals surface area (Å²) >= 11 is 0. The normalized spacial score (nSPS) is 54.6. The van der Waals surface area contributed by atoms with Gasteiger partial charge in [0.2, 0.25) is 0 Å². The monoisotopic (exact) mass is 434 g/mol. The third-order valence-corrected chi connectivity index (χ3v) is 9.98. The molecular weight excluding hydrogens is 396 g/mol. The molecule has 1 saturated heterocycles. The van der Waals surface area contributed by atoms with Crippen molar-refractivity contribution in [2.45, 2.75) is 109 Å². The van der Waals surface area contributed by atoms with Crippen LogP contribution in [0.15, 0.2) is 11.6 Å². The number of fused-ring (bicyclic) bond motifs is 5. The zero-order chi connectivity index (χ0) is 22.1. The van der Waals surface area contributed by atoms with Crippen LogP contribution in [0.2, 0.25) is 0 Å². The Morgan fingerprint density at radius 3 is 2.52 bits per heavy atom. The minimum atomic E-state index is -1.26. The molecule has 5 rings (SSSR count). The van der Waals surface area contributed by atoms with E-state index in [1.54, 1.807) is 6.92 Å². The van der Waals surface area contributed by atoms with E-state index in [1.165, 1.54) is 5.57 Å². The summed E-state index contributed by atoms with van der Waals surface area (Å²) in [4.78, 5) is 12.0. The smallest absolute Gasteiger partial charge is 0.186 e. The fraction of sp³-hybridized carbons (Fsp3) is 0.880. The van der Waals surface area contributed by atoms with Crippen LogP contribution >= 0.6 is 0 Å². The molecule has 4 fully saturated rings. The van der Waals surface area contributed by atoms with Gasteiger partial charge in [0, 0.05) is 6.42 Å². The summed E-state index contributed by atoms with van der Waals surface area (Å²) in [6.07, 6.45) is 4.95. The van der Waals surface area contributed by atoms with Crippen LogP contribution in [-0.4, -0.2) is 57.9 Å². The number of rotatable bonds is 2. The Morgan fingerprint density at radius 1 is 0.968 bits per heavy atom. The van der Waals surface area contributed by atoms with Crippen LogP contribution in [0.25, 0.3) is 0 Å². The Bertz CT molecular complexity index is 765. The molecule has 0 aromatic carbocycles. The molecule has 0 bridgehead atoms. The fourth-order valence-electron chi connectivity index (χ4n) is 8.02. The first-order valence-corrected chi connectivity index (χ1v) is 12.2. The molecule has 0 amide bonds. The molecule has 11 atom stereocenters. The van der Waals surface area contributed by atoms with E-state index in [-0.39, 0.29) is 16.9 Å². The van der Waals surface area contributed by atoms with Gasteiger partial charge in [0.05, 0.1) is 12.2 Å². The van der Waals surface area contributed by atoms with Gasteiger partial charge in [0.15, 0.2) is 12.1 Å². The first kappa shape index (κ1) is 22.0. The second-order valence-corrected chi connectivity index (χ2v) is 11.4. The van der Waals surface area contributed by atoms with Gasteiger partial charge >= 0.3 is 0 Å². The highest BCUT2D eigenvalue weighted by Crippen LogP contribution is 2.65. The predicted octanol–water partition coefficient (Wildman–Crippen LogP) is 2.73. The number of hydrogen-bond donors (Lipinski definition) is 3. The maximum Gasteiger partial charge on any atom is 0.186 e. The van der Waals surface area contributed by atoms with E-state index in [4.69, 9.17) is 9.47 Å². The lowest BCUT2D eigenvalue weighted by molar-refractivity contribution is -0.313. The summed E-state index contributed by atoms with van der Waals surface area (Å²) in [5, 5.41) is 30.6. The van der Waals surface area contributed by atoms with Crippen molar-refractivity contribution >= 4 is 5.78 Å². The molecule has 31 heavy (non-hydrogen) atoms. The Hall–Kier alpha value is -0.790.